The van der Waals surface area contributed by atoms with Gasteiger partial charge in [-0.15, -0.1) is 0 Å². The highest BCUT2D eigenvalue weighted by Gasteiger charge is 2.32. The van der Waals surface area contributed by atoms with Gasteiger partial charge in [-0.1, -0.05) is 0 Å². The molecule has 0 radical (unpaired) electrons. The summed E-state index contributed by atoms with van der Waals surface area (Å²) >= 11 is 0. The third-order valence-electron chi connectivity index (χ3n) is 3.57. The molecule has 1 saturated carbocycles. The van der Waals surface area contributed by atoms with Gasteiger partial charge >= 0.3 is 0 Å². The van der Waals surface area contributed by atoms with E-state index in [4.69, 9.17) is 5.73 Å². The number of anilines is 1. The van der Waals surface area contributed by atoms with Gasteiger partial charge < -0.3 is 16.4 Å². The third-order valence-corrected chi connectivity index (χ3v) is 3.57. The highest BCUT2D eigenvalue weighted by molar-refractivity contribution is 5.92. The molecule has 92 valence electrons. The topological polar surface area (TPSA) is 85.0 Å². The number of carbonyl (C=O) groups is 1. The molecular weight excluding hydrogens is 218 g/mol. The van der Waals surface area contributed by atoms with E-state index in [9.17, 15) is 4.79 Å². The lowest BCUT2D eigenvalue weighted by atomic mass is 9.80. The highest BCUT2D eigenvalue weighted by Crippen LogP contribution is 2.27. The Morgan fingerprint density at radius 1 is 1.53 bits per heavy atom. The molecule has 3 rings (SSSR count). The van der Waals surface area contributed by atoms with Gasteiger partial charge in [-0.2, -0.15) is 5.10 Å². The fraction of sp³-hybridized carbons (Fsp3) is 0.636. The lowest BCUT2D eigenvalue weighted by Gasteiger charge is -2.32. The Morgan fingerprint density at radius 2 is 2.29 bits per heavy atom. The molecule has 1 amide bonds. The van der Waals surface area contributed by atoms with Crippen molar-refractivity contribution in [2.45, 2.75) is 24.9 Å². The molecule has 0 spiro atoms. The van der Waals surface area contributed by atoms with Gasteiger partial charge in [-0.25, -0.2) is 4.68 Å². The van der Waals surface area contributed by atoms with Crippen molar-refractivity contribution >= 4 is 11.7 Å². The van der Waals surface area contributed by atoms with Crippen LogP contribution in [0.15, 0.2) is 12.3 Å². The van der Waals surface area contributed by atoms with Crippen molar-refractivity contribution in [2.75, 3.05) is 18.4 Å². The average Bonchev–Trinajstić information content (AvgIpc) is 2.59. The molecule has 0 unspecified atom stereocenters. The van der Waals surface area contributed by atoms with Crippen LogP contribution >= 0.6 is 0 Å². The van der Waals surface area contributed by atoms with Crippen LogP contribution in [-0.2, 0) is 4.79 Å². The summed E-state index contributed by atoms with van der Waals surface area (Å²) in [5, 5.41) is 10.4. The van der Waals surface area contributed by atoms with Crippen LogP contribution in [0.3, 0.4) is 0 Å². The van der Waals surface area contributed by atoms with Crippen molar-refractivity contribution < 1.29 is 4.79 Å². The number of nitrogens with two attached hydrogens (primary N) is 1. The first kappa shape index (κ1) is 10.7. The Labute approximate surface area is 99.5 Å². The minimum absolute atomic E-state index is 0.0701. The van der Waals surface area contributed by atoms with Gasteiger partial charge in [0.15, 0.2) is 0 Å². The summed E-state index contributed by atoms with van der Waals surface area (Å²) in [5.41, 5.74) is 5.68. The van der Waals surface area contributed by atoms with Gasteiger partial charge in [0.2, 0.25) is 5.91 Å². The summed E-state index contributed by atoms with van der Waals surface area (Å²) in [4.78, 5) is 11.9. The summed E-state index contributed by atoms with van der Waals surface area (Å²) in [6.07, 6.45) is 3.32. The molecule has 1 aliphatic heterocycles. The van der Waals surface area contributed by atoms with E-state index in [0.29, 0.717) is 6.04 Å². The molecule has 1 aromatic rings. The number of rotatable bonds is 3. The summed E-state index contributed by atoms with van der Waals surface area (Å²) < 4.78 is 1.88. The molecule has 1 aliphatic carbocycles. The number of amides is 1. The monoisotopic (exact) mass is 235 g/mol. The molecule has 6 nitrogen and oxygen atoms in total. The molecule has 0 aromatic carbocycles. The van der Waals surface area contributed by atoms with Crippen LogP contribution in [0, 0.1) is 5.92 Å². The summed E-state index contributed by atoms with van der Waals surface area (Å²) in [6, 6.07) is 2.41. The first-order valence-electron chi connectivity index (χ1n) is 6.04. The lowest BCUT2D eigenvalue weighted by Crippen LogP contribution is -2.45. The minimum atomic E-state index is 0.0701. The molecule has 4 N–H and O–H groups in total. The molecule has 2 heterocycles. The van der Waals surface area contributed by atoms with E-state index < -0.39 is 0 Å². The fourth-order valence-electron chi connectivity index (χ4n) is 2.25. The number of nitrogens with one attached hydrogen (secondary N) is 2. The summed E-state index contributed by atoms with van der Waals surface area (Å²) in [7, 11) is 0. The quantitative estimate of drug-likeness (QED) is 0.671. The van der Waals surface area contributed by atoms with Gasteiger partial charge in [-0.3, -0.25) is 4.79 Å². The van der Waals surface area contributed by atoms with E-state index in [0.717, 1.165) is 31.7 Å². The van der Waals surface area contributed by atoms with Crippen LogP contribution in [0.2, 0.25) is 0 Å². The number of nitrogens with zero attached hydrogens (tertiary/aromatic N) is 2. The predicted octanol–water partition coefficient (Wildman–Crippen LogP) is -0.297. The Kier molecular flexibility index (Phi) is 2.60. The maximum absolute atomic E-state index is 11.9. The Balaban J connectivity index is 1.64. The van der Waals surface area contributed by atoms with E-state index in [1.54, 1.807) is 6.20 Å². The number of carbonyl (C=O) groups excluding carboxylic acids is 1. The second-order valence-electron chi connectivity index (χ2n) is 4.89. The second-order valence-corrected chi connectivity index (χ2v) is 4.89. The molecule has 1 saturated heterocycles. The fourth-order valence-corrected chi connectivity index (χ4v) is 2.25. The largest absolute Gasteiger partial charge is 0.328 e. The average molecular weight is 235 g/mol. The molecule has 17 heavy (non-hydrogen) atoms. The zero-order valence-corrected chi connectivity index (χ0v) is 9.60. The Morgan fingerprint density at radius 3 is 2.88 bits per heavy atom. The smallest absolute Gasteiger partial charge is 0.228 e. The standard InChI is InChI=1S/C11H17N5O/c12-8-3-7(4-8)11(17)15-10-1-2-14-16(10)9-5-13-6-9/h1-2,7-9,13H,3-6,12H2,(H,15,17). The molecule has 2 fully saturated rings. The van der Waals surface area contributed by atoms with Crippen molar-refractivity contribution in [3.8, 4) is 0 Å². The molecule has 2 aliphatic rings. The summed E-state index contributed by atoms with van der Waals surface area (Å²) in [6.45, 7) is 1.83. The first-order chi connectivity index (χ1) is 8.24. The van der Waals surface area contributed by atoms with Crippen LogP contribution in [0.25, 0.3) is 0 Å². The molecule has 6 heteroatoms. The van der Waals surface area contributed by atoms with Crippen LogP contribution in [0.1, 0.15) is 18.9 Å². The maximum atomic E-state index is 11.9. The van der Waals surface area contributed by atoms with Crippen molar-refractivity contribution in [3.05, 3.63) is 12.3 Å². The first-order valence-corrected chi connectivity index (χ1v) is 6.04. The molecule has 1 aromatic heterocycles. The van der Waals surface area contributed by atoms with E-state index in [1.165, 1.54) is 0 Å². The zero-order valence-electron chi connectivity index (χ0n) is 9.60. The van der Waals surface area contributed by atoms with Crippen LogP contribution < -0.4 is 16.4 Å². The Bertz CT molecular complexity index is 419. The Hall–Kier alpha value is -1.40. The van der Waals surface area contributed by atoms with Crippen LogP contribution in [0.4, 0.5) is 5.82 Å². The van der Waals surface area contributed by atoms with Gasteiger partial charge in [0.25, 0.3) is 0 Å². The predicted molar refractivity (Wildman–Crippen MR) is 63.5 cm³/mol. The zero-order chi connectivity index (χ0) is 11.8. The highest BCUT2D eigenvalue weighted by atomic mass is 16.2. The van der Waals surface area contributed by atoms with Crippen molar-refractivity contribution in [3.63, 3.8) is 0 Å². The van der Waals surface area contributed by atoms with Gasteiger partial charge in [0.05, 0.1) is 12.2 Å². The number of hydrogen-bond acceptors (Lipinski definition) is 4. The number of aromatic nitrogens is 2. The van der Waals surface area contributed by atoms with Crippen molar-refractivity contribution in [1.82, 2.24) is 15.1 Å². The number of hydrogen-bond donors (Lipinski definition) is 3. The maximum Gasteiger partial charge on any atom is 0.228 e. The van der Waals surface area contributed by atoms with Crippen molar-refractivity contribution in [2.24, 2.45) is 11.7 Å². The van der Waals surface area contributed by atoms with E-state index in [2.05, 4.69) is 15.7 Å². The molecule has 0 bridgehead atoms. The van der Waals surface area contributed by atoms with Gasteiger partial charge in [0.1, 0.15) is 5.82 Å². The van der Waals surface area contributed by atoms with Crippen LogP contribution in [0.5, 0.6) is 0 Å². The van der Waals surface area contributed by atoms with E-state index in [-0.39, 0.29) is 17.9 Å². The molecular formula is C11H17N5O. The molecule has 0 atom stereocenters. The normalized spacial score (nSPS) is 28.3. The SMILES string of the molecule is NC1CC(C(=O)Nc2ccnn2C2CNC2)C1. The van der Waals surface area contributed by atoms with Gasteiger partial charge in [-0.05, 0) is 12.8 Å². The van der Waals surface area contributed by atoms with E-state index >= 15 is 0 Å². The van der Waals surface area contributed by atoms with Gasteiger partial charge in [0, 0.05) is 31.1 Å². The minimum Gasteiger partial charge on any atom is -0.328 e. The van der Waals surface area contributed by atoms with Crippen molar-refractivity contribution in [1.29, 1.82) is 0 Å². The second kappa shape index (κ2) is 4.12. The third kappa shape index (κ3) is 1.94. The lowest BCUT2D eigenvalue weighted by molar-refractivity contribution is -0.122. The van der Waals surface area contributed by atoms with E-state index in [1.807, 2.05) is 10.7 Å². The summed E-state index contributed by atoms with van der Waals surface area (Å²) in [5.74, 6) is 0.940. The van der Waals surface area contributed by atoms with Crippen LogP contribution in [-0.4, -0.2) is 34.8 Å².